The maximum Gasteiger partial charge on any atom is 0.333 e. The average molecular weight is 306 g/mol. The molecule has 0 aliphatic heterocycles. The molecule has 1 N–H and O–H groups in total. The van der Waals surface area contributed by atoms with Crippen LogP contribution in [0.1, 0.15) is 6.92 Å². The summed E-state index contributed by atoms with van der Waals surface area (Å²) in [5.41, 5.74) is 0.375. The summed E-state index contributed by atoms with van der Waals surface area (Å²) in [6.45, 7) is 8.77. The molecule has 0 amide bonds. The Labute approximate surface area is 125 Å². The highest BCUT2D eigenvalue weighted by Crippen LogP contribution is 1.91. The van der Waals surface area contributed by atoms with E-state index in [1.54, 1.807) is 6.92 Å². The topological polar surface area (TPSA) is 83.5 Å². The lowest BCUT2D eigenvalue weighted by Crippen LogP contribution is -2.14. The van der Waals surface area contributed by atoms with E-state index in [0.29, 0.717) is 58.4 Å². The van der Waals surface area contributed by atoms with Crippen LogP contribution < -0.4 is 0 Å². The van der Waals surface area contributed by atoms with Gasteiger partial charge in [0.05, 0.1) is 59.5 Å². The molecule has 0 saturated carbocycles. The minimum absolute atomic E-state index is 0.0233. The fourth-order valence-corrected chi connectivity index (χ4v) is 1.14. The van der Waals surface area contributed by atoms with Gasteiger partial charge in [0.15, 0.2) is 0 Å². The number of carbonyl (C=O) groups is 1. The summed E-state index contributed by atoms with van der Waals surface area (Å²) in [5.74, 6) is -0.407. The minimum atomic E-state index is -0.407. The van der Waals surface area contributed by atoms with Crippen molar-refractivity contribution in [3.8, 4) is 0 Å². The number of carbonyl (C=O) groups excluding carboxylic acids is 1. The molecule has 0 fully saturated rings. The molecule has 124 valence electrons. The number of aliphatic hydroxyl groups excluding tert-OH is 1. The van der Waals surface area contributed by atoms with Gasteiger partial charge in [0.25, 0.3) is 0 Å². The van der Waals surface area contributed by atoms with Gasteiger partial charge in [-0.05, 0) is 6.92 Å². The van der Waals surface area contributed by atoms with Gasteiger partial charge in [-0.25, -0.2) is 4.79 Å². The van der Waals surface area contributed by atoms with E-state index in [0.717, 1.165) is 0 Å². The van der Waals surface area contributed by atoms with E-state index in [9.17, 15) is 4.79 Å². The van der Waals surface area contributed by atoms with Gasteiger partial charge < -0.3 is 28.8 Å². The molecular formula is C14H26O7. The number of aliphatic hydroxyl groups is 1. The van der Waals surface area contributed by atoms with Crippen molar-refractivity contribution in [2.75, 3.05) is 66.1 Å². The van der Waals surface area contributed by atoms with Gasteiger partial charge in [0.2, 0.25) is 0 Å². The molecule has 0 aliphatic carbocycles. The predicted molar refractivity (Wildman–Crippen MR) is 76.1 cm³/mol. The van der Waals surface area contributed by atoms with Crippen molar-refractivity contribution in [3.63, 3.8) is 0 Å². The van der Waals surface area contributed by atoms with Crippen LogP contribution in [0.3, 0.4) is 0 Å². The van der Waals surface area contributed by atoms with Gasteiger partial charge >= 0.3 is 5.97 Å². The summed E-state index contributed by atoms with van der Waals surface area (Å²) >= 11 is 0. The van der Waals surface area contributed by atoms with Crippen LogP contribution in [0.4, 0.5) is 0 Å². The second-order valence-electron chi connectivity index (χ2n) is 4.09. The van der Waals surface area contributed by atoms with Crippen LogP contribution in [0.2, 0.25) is 0 Å². The highest BCUT2D eigenvalue weighted by molar-refractivity contribution is 5.86. The molecule has 7 nitrogen and oxygen atoms in total. The van der Waals surface area contributed by atoms with Crippen LogP contribution in [0, 0.1) is 0 Å². The zero-order valence-corrected chi connectivity index (χ0v) is 12.7. The van der Waals surface area contributed by atoms with Gasteiger partial charge in [0.1, 0.15) is 6.61 Å². The van der Waals surface area contributed by atoms with E-state index in [2.05, 4.69) is 6.58 Å². The standard InChI is InChI=1S/C14H26O7/c1-13(2)14(16)21-12-11-20-10-9-19-8-7-18-6-5-17-4-3-15/h15H,1,3-12H2,2H3. The van der Waals surface area contributed by atoms with Crippen LogP contribution in [-0.2, 0) is 28.5 Å². The summed E-state index contributed by atoms with van der Waals surface area (Å²) in [4.78, 5) is 11.0. The molecule has 0 aromatic heterocycles. The second-order valence-corrected chi connectivity index (χ2v) is 4.09. The normalized spacial score (nSPS) is 10.6. The van der Waals surface area contributed by atoms with Crippen LogP contribution in [0.25, 0.3) is 0 Å². The first-order chi connectivity index (χ1) is 10.2. The molecule has 0 unspecified atom stereocenters. The first-order valence-corrected chi connectivity index (χ1v) is 6.93. The molecule has 0 rings (SSSR count). The summed E-state index contributed by atoms with van der Waals surface area (Å²) in [6, 6.07) is 0. The predicted octanol–water partition coefficient (Wildman–Crippen LogP) is 0.164. The maximum atomic E-state index is 11.0. The number of esters is 1. The van der Waals surface area contributed by atoms with Crippen molar-refractivity contribution >= 4 is 5.97 Å². The zero-order chi connectivity index (χ0) is 15.8. The zero-order valence-electron chi connectivity index (χ0n) is 12.7. The lowest BCUT2D eigenvalue weighted by Gasteiger charge is -2.07. The van der Waals surface area contributed by atoms with Crippen molar-refractivity contribution in [1.29, 1.82) is 0 Å². The fourth-order valence-electron chi connectivity index (χ4n) is 1.14. The smallest absolute Gasteiger partial charge is 0.333 e. The number of hydrogen-bond acceptors (Lipinski definition) is 7. The molecule has 0 radical (unpaired) electrons. The lowest BCUT2D eigenvalue weighted by atomic mass is 10.4. The van der Waals surface area contributed by atoms with Crippen molar-refractivity contribution in [1.82, 2.24) is 0 Å². The molecule has 21 heavy (non-hydrogen) atoms. The van der Waals surface area contributed by atoms with E-state index in [1.807, 2.05) is 0 Å². The number of hydrogen-bond donors (Lipinski definition) is 1. The molecule has 0 aromatic carbocycles. The quantitative estimate of drug-likeness (QED) is 0.262. The van der Waals surface area contributed by atoms with Gasteiger partial charge in [0, 0.05) is 5.57 Å². The van der Waals surface area contributed by atoms with Crippen molar-refractivity contribution in [2.45, 2.75) is 6.92 Å². The SMILES string of the molecule is C=C(C)C(=O)OCCOCCOCCOCCOCCO. The van der Waals surface area contributed by atoms with Crippen molar-refractivity contribution < 1.29 is 33.6 Å². The lowest BCUT2D eigenvalue weighted by molar-refractivity contribution is -0.140. The van der Waals surface area contributed by atoms with E-state index < -0.39 is 5.97 Å². The molecule has 0 atom stereocenters. The first kappa shape index (κ1) is 20.0. The van der Waals surface area contributed by atoms with Crippen LogP contribution in [0.5, 0.6) is 0 Å². The van der Waals surface area contributed by atoms with Gasteiger partial charge in [-0.15, -0.1) is 0 Å². The molecule has 0 aromatic rings. The first-order valence-electron chi connectivity index (χ1n) is 6.93. The van der Waals surface area contributed by atoms with E-state index >= 15 is 0 Å². The molecule has 0 saturated heterocycles. The monoisotopic (exact) mass is 306 g/mol. The molecule has 0 heterocycles. The molecular weight excluding hydrogens is 280 g/mol. The Balaban J connectivity index is 3.06. The highest BCUT2D eigenvalue weighted by Gasteiger charge is 2.01. The summed E-state index contributed by atoms with van der Waals surface area (Å²) in [6.07, 6.45) is 0. The largest absolute Gasteiger partial charge is 0.460 e. The third-order valence-electron chi connectivity index (χ3n) is 2.16. The van der Waals surface area contributed by atoms with Crippen molar-refractivity contribution in [2.24, 2.45) is 0 Å². The van der Waals surface area contributed by atoms with Crippen LogP contribution >= 0.6 is 0 Å². The molecule has 0 aliphatic rings. The molecule has 0 bridgehead atoms. The van der Waals surface area contributed by atoms with E-state index in [4.69, 9.17) is 28.8 Å². The van der Waals surface area contributed by atoms with Crippen LogP contribution in [-0.4, -0.2) is 77.1 Å². The van der Waals surface area contributed by atoms with Crippen LogP contribution in [0.15, 0.2) is 12.2 Å². The summed E-state index contributed by atoms with van der Waals surface area (Å²) < 4.78 is 25.6. The Hall–Kier alpha value is -0.990. The molecule has 7 heteroatoms. The Bertz CT molecular complexity index is 268. The Kier molecular flexibility index (Phi) is 14.7. The van der Waals surface area contributed by atoms with E-state index in [1.165, 1.54) is 0 Å². The Morgan fingerprint density at radius 1 is 0.810 bits per heavy atom. The second kappa shape index (κ2) is 15.4. The fraction of sp³-hybridized carbons (Fsp3) is 0.786. The van der Waals surface area contributed by atoms with Gasteiger partial charge in [-0.3, -0.25) is 0 Å². The Morgan fingerprint density at radius 2 is 1.19 bits per heavy atom. The van der Waals surface area contributed by atoms with Gasteiger partial charge in [-0.1, -0.05) is 6.58 Å². The molecule has 0 spiro atoms. The van der Waals surface area contributed by atoms with E-state index in [-0.39, 0.29) is 13.2 Å². The summed E-state index contributed by atoms with van der Waals surface area (Å²) in [7, 11) is 0. The van der Waals surface area contributed by atoms with Gasteiger partial charge in [-0.2, -0.15) is 0 Å². The Morgan fingerprint density at radius 3 is 1.57 bits per heavy atom. The third kappa shape index (κ3) is 15.2. The maximum absolute atomic E-state index is 11.0. The summed E-state index contributed by atoms with van der Waals surface area (Å²) in [5, 5.41) is 8.47. The number of rotatable bonds is 15. The highest BCUT2D eigenvalue weighted by atomic mass is 16.6. The minimum Gasteiger partial charge on any atom is -0.460 e. The van der Waals surface area contributed by atoms with Crippen molar-refractivity contribution in [3.05, 3.63) is 12.2 Å². The average Bonchev–Trinajstić information content (AvgIpc) is 2.47. The third-order valence-corrected chi connectivity index (χ3v) is 2.16. The number of ether oxygens (including phenoxy) is 5.